The van der Waals surface area contributed by atoms with Gasteiger partial charge in [-0.3, -0.25) is 14.9 Å². The first-order valence-electron chi connectivity index (χ1n) is 5.92. The van der Waals surface area contributed by atoms with E-state index in [1.807, 2.05) is 0 Å². The molecule has 1 aromatic rings. The maximum absolute atomic E-state index is 10.6. The third kappa shape index (κ3) is 6.37. The smallest absolute Gasteiger partial charge is 0.269 e. The van der Waals surface area contributed by atoms with Gasteiger partial charge in [0.15, 0.2) is 0 Å². The molecule has 1 aromatic carbocycles. The molecule has 0 radical (unpaired) electrons. The number of non-ortho nitro benzene ring substituents is 1. The van der Waals surface area contributed by atoms with Crippen LogP contribution in [0.25, 0.3) is 0 Å². The molecule has 0 unspecified atom stereocenters. The third-order valence-electron chi connectivity index (χ3n) is 2.27. The molecule has 0 aromatic heterocycles. The number of hydrogen-bond donors (Lipinski definition) is 2. The zero-order valence-corrected chi connectivity index (χ0v) is 10.7. The predicted octanol–water partition coefficient (Wildman–Crippen LogP) is 0.699. The van der Waals surface area contributed by atoms with Gasteiger partial charge < -0.3 is 15.4 Å². The number of ether oxygens (including phenoxy) is 1. The zero-order valence-electron chi connectivity index (χ0n) is 10.7. The lowest BCUT2D eigenvalue weighted by atomic mass is 10.3. The van der Waals surface area contributed by atoms with Gasteiger partial charge in [-0.2, -0.15) is 0 Å². The number of hydrogen-bond acceptors (Lipinski definition) is 5. The summed E-state index contributed by atoms with van der Waals surface area (Å²) in [6, 6.07) is 5.93. The first kappa shape index (κ1) is 14.9. The molecule has 0 saturated carbocycles. The Bertz CT molecular complexity index is 419. The van der Waals surface area contributed by atoms with Crippen molar-refractivity contribution in [3.63, 3.8) is 0 Å². The fourth-order valence-electron chi connectivity index (χ4n) is 1.36. The number of nitro groups is 1. The molecule has 0 spiro atoms. The van der Waals surface area contributed by atoms with E-state index in [9.17, 15) is 14.9 Å². The Morgan fingerprint density at radius 1 is 1.26 bits per heavy atom. The Kier molecular flexibility index (Phi) is 6.31. The third-order valence-corrected chi connectivity index (χ3v) is 2.27. The lowest BCUT2D eigenvalue weighted by molar-refractivity contribution is -0.384. The Morgan fingerprint density at radius 3 is 2.53 bits per heavy atom. The standard InChI is InChI=1S/C12H17N3O4/c1-10(16)14-7-6-13-8-9-19-12-4-2-11(3-5-12)15(17)18/h2-5,13H,6-9H2,1H3,(H,14,16). The molecule has 0 heterocycles. The minimum atomic E-state index is -0.451. The molecule has 1 rings (SSSR count). The summed E-state index contributed by atoms with van der Waals surface area (Å²) in [5, 5.41) is 16.2. The van der Waals surface area contributed by atoms with Crippen molar-refractivity contribution in [3.05, 3.63) is 34.4 Å². The summed E-state index contributed by atoms with van der Waals surface area (Å²) in [4.78, 5) is 20.6. The summed E-state index contributed by atoms with van der Waals surface area (Å²) in [7, 11) is 0. The first-order chi connectivity index (χ1) is 9.09. The highest BCUT2D eigenvalue weighted by Gasteiger charge is 2.03. The van der Waals surface area contributed by atoms with Crippen LogP contribution in [0.4, 0.5) is 5.69 Å². The maximum Gasteiger partial charge on any atom is 0.269 e. The fraction of sp³-hybridized carbons (Fsp3) is 0.417. The Hall–Kier alpha value is -2.15. The predicted molar refractivity (Wildman–Crippen MR) is 70.1 cm³/mol. The Labute approximate surface area is 111 Å². The number of amides is 1. The summed E-state index contributed by atoms with van der Waals surface area (Å²) in [6.07, 6.45) is 0. The minimum absolute atomic E-state index is 0.0424. The van der Waals surface area contributed by atoms with Gasteiger partial charge in [0.05, 0.1) is 4.92 Å². The minimum Gasteiger partial charge on any atom is -0.492 e. The van der Waals surface area contributed by atoms with Crippen LogP contribution in [0.3, 0.4) is 0 Å². The molecule has 0 aliphatic heterocycles. The normalized spacial score (nSPS) is 9.95. The number of rotatable bonds is 8. The largest absolute Gasteiger partial charge is 0.492 e. The molecule has 2 N–H and O–H groups in total. The van der Waals surface area contributed by atoms with Crippen LogP contribution in [0, 0.1) is 10.1 Å². The van der Waals surface area contributed by atoms with Crippen LogP contribution in [0.15, 0.2) is 24.3 Å². The van der Waals surface area contributed by atoms with Crippen molar-refractivity contribution in [1.82, 2.24) is 10.6 Å². The van der Waals surface area contributed by atoms with Crippen LogP contribution >= 0.6 is 0 Å². The molecule has 104 valence electrons. The van der Waals surface area contributed by atoms with Crippen LogP contribution in [0.5, 0.6) is 5.75 Å². The monoisotopic (exact) mass is 267 g/mol. The van der Waals surface area contributed by atoms with Crippen LogP contribution in [-0.4, -0.2) is 37.1 Å². The molecule has 0 bridgehead atoms. The Balaban J connectivity index is 2.12. The van der Waals surface area contributed by atoms with Crippen molar-refractivity contribution in [2.24, 2.45) is 0 Å². The van der Waals surface area contributed by atoms with Crippen molar-refractivity contribution < 1.29 is 14.5 Å². The van der Waals surface area contributed by atoms with Gasteiger partial charge in [-0.15, -0.1) is 0 Å². The summed E-state index contributed by atoms with van der Waals surface area (Å²) in [5.74, 6) is 0.540. The topological polar surface area (TPSA) is 93.5 Å². The highest BCUT2D eigenvalue weighted by Crippen LogP contribution is 2.16. The maximum atomic E-state index is 10.6. The second-order valence-electron chi connectivity index (χ2n) is 3.83. The van der Waals surface area contributed by atoms with Crippen LogP contribution in [0.1, 0.15) is 6.92 Å². The number of nitrogens with one attached hydrogen (secondary N) is 2. The molecule has 0 aliphatic rings. The fourth-order valence-corrected chi connectivity index (χ4v) is 1.36. The molecule has 0 aliphatic carbocycles. The number of nitrogens with zero attached hydrogens (tertiary/aromatic N) is 1. The SMILES string of the molecule is CC(=O)NCCNCCOc1ccc([N+](=O)[O-])cc1. The lowest BCUT2D eigenvalue weighted by Crippen LogP contribution is -2.32. The van der Waals surface area contributed by atoms with E-state index in [4.69, 9.17) is 4.74 Å². The van der Waals surface area contributed by atoms with Crippen molar-refractivity contribution in [2.75, 3.05) is 26.2 Å². The molecule has 0 fully saturated rings. The zero-order chi connectivity index (χ0) is 14.1. The van der Waals surface area contributed by atoms with E-state index < -0.39 is 4.92 Å². The number of nitro benzene ring substituents is 1. The molecular formula is C12H17N3O4. The van der Waals surface area contributed by atoms with E-state index in [0.717, 1.165) is 0 Å². The average molecular weight is 267 g/mol. The van der Waals surface area contributed by atoms with Gasteiger partial charge >= 0.3 is 0 Å². The van der Waals surface area contributed by atoms with E-state index in [1.165, 1.54) is 19.1 Å². The molecular weight excluding hydrogens is 250 g/mol. The van der Waals surface area contributed by atoms with E-state index in [-0.39, 0.29) is 11.6 Å². The lowest BCUT2D eigenvalue weighted by Gasteiger charge is -2.07. The van der Waals surface area contributed by atoms with E-state index in [2.05, 4.69) is 10.6 Å². The summed E-state index contributed by atoms with van der Waals surface area (Å²) >= 11 is 0. The second-order valence-corrected chi connectivity index (χ2v) is 3.83. The van der Waals surface area contributed by atoms with Crippen LogP contribution < -0.4 is 15.4 Å². The van der Waals surface area contributed by atoms with Gasteiger partial charge in [-0.25, -0.2) is 0 Å². The molecule has 19 heavy (non-hydrogen) atoms. The Morgan fingerprint density at radius 2 is 1.95 bits per heavy atom. The van der Waals surface area contributed by atoms with Gasteiger partial charge in [0.2, 0.25) is 5.91 Å². The van der Waals surface area contributed by atoms with E-state index in [1.54, 1.807) is 12.1 Å². The van der Waals surface area contributed by atoms with E-state index >= 15 is 0 Å². The summed E-state index contributed by atoms with van der Waals surface area (Å²) in [5.41, 5.74) is 0.0424. The molecule has 1 amide bonds. The number of benzene rings is 1. The van der Waals surface area contributed by atoms with E-state index in [0.29, 0.717) is 32.0 Å². The summed E-state index contributed by atoms with van der Waals surface area (Å²) < 4.78 is 5.40. The van der Waals surface area contributed by atoms with Gasteiger partial charge in [0.25, 0.3) is 5.69 Å². The highest BCUT2D eigenvalue weighted by molar-refractivity contribution is 5.72. The van der Waals surface area contributed by atoms with Crippen LogP contribution in [-0.2, 0) is 4.79 Å². The molecule has 0 atom stereocenters. The van der Waals surface area contributed by atoms with Crippen molar-refractivity contribution in [3.8, 4) is 5.75 Å². The van der Waals surface area contributed by atoms with Crippen molar-refractivity contribution >= 4 is 11.6 Å². The molecule has 7 nitrogen and oxygen atoms in total. The van der Waals surface area contributed by atoms with Gasteiger partial charge in [-0.05, 0) is 12.1 Å². The van der Waals surface area contributed by atoms with Gasteiger partial charge in [-0.1, -0.05) is 0 Å². The molecule has 0 saturated heterocycles. The second kappa shape index (κ2) is 8.04. The quantitative estimate of drug-likeness (QED) is 0.411. The van der Waals surface area contributed by atoms with Gasteiger partial charge in [0, 0.05) is 38.7 Å². The first-order valence-corrected chi connectivity index (χ1v) is 5.92. The van der Waals surface area contributed by atoms with Gasteiger partial charge in [0.1, 0.15) is 12.4 Å². The number of carbonyl (C=O) groups excluding carboxylic acids is 1. The average Bonchev–Trinajstić information content (AvgIpc) is 2.38. The van der Waals surface area contributed by atoms with Crippen molar-refractivity contribution in [1.29, 1.82) is 0 Å². The van der Waals surface area contributed by atoms with Crippen LogP contribution in [0.2, 0.25) is 0 Å². The summed E-state index contributed by atoms with van der Waals surface area (Å²) in [6.45, 7) is 3.81. The highest BCUT2D eigenvalue weighted by atomic mass is 16.6. The molecule has 7 heteroatoms. The number of carbonyl (C=O) groups is 1. The van der Waals surface area contributed by atoms with Crippen molar-refractivity contribution in [2.45, 2.75) is 6.92 Å².